The van der Waals surface area contributed by atoms with Crippen LogP contribution in [0.3, 0.4) is 0 Å². The summed E-state index contributed by atoms with van der Waals surface area (Å²) in [5.74, 6) is 2.04. The Hall–Kier alpha value is -2.52. The minimum Gasteiger partial charge on any atom is -0.496 e. The maximum Gasteiger partial charge on any atom is 0.122 e. The maximum absolute atomic E-state index is 5.71. The van der Waals surface area contributed by atoms with Crippen LogP contribution in [0.4, 0.5) is 0 Å². The van der Waals surface area contributed by atoms with Crippen molar-refractivity contribution in [2.24, 2.45) is 0 Å². The monoisotopic (exact) mass is 335 g/mol. The lowest BCUT2D eigenvalue weighted by atomic mass is 9.92. The highest BCUT2D eigenvalue weighted by molar-refractivity contribution is 5.40. The lowest BCUT2D eigenvalue weighted by Gasteiger charge is -2.20. The fourth-order valence-corrected chi connectivity index (χ4v) is 3.20. The quantitative estimate of drug-likeness (QED) is 0.617. The molecule has 2 aromatic carbocycles. The number of nitrogens with one attached hydrogen (secondary N) is 1. The zero-order valence-electron chi connectivity index (χ0n) is 14.8. The molecule has 0 fully saturated rings. The third kappa shape index (κ3) is 4.31. The molecule has 0 amide bonds. The Kier molecular flexibility index (Phi) is 5.91. The average molecular weight is 335 g/mol. The number of furan rings is 1. The predicted molar refractivity (Wildman–Crippen MR) is 101 cm³/mol. The molecule has 0 bridgehead atoms. The minimum absolute atomic E-state index is 0.168. The van der Waals surface area contributed by atoms with E-state index in [1.54, 1.807) is 13.4 Å². The molecule has 0 aliphatic rings. The van der Waals surface area contributed by atoms with Gasteiger partial charge in [0.05, 0.1) is 13.4 Å². The fourth-order valence-electron chi connectivity index (χ4n) is 3.20. The van der Waals surface area contributed by atoms with Gasteiger partial charge in [0.25, 0.3) is 0 Å². The Morgan fingerprint density at radius 3 is 2.44 bits per heavy atom. The van der Waals surface area contributed by atoms with E-state index in [0.29, 0.717) is 6.04 Å². The standard InChI is InChI=1S/C22H25NO2/c1-17(18-9-4-3-5-10-18)23-15-14-20(22-13-8-16-25-22)19-11-6-7-12-21(19)24-2/h3-13,16-17,20,23H,14-15H2,1-2H3/t17-,20+/m0/s1. The number of hydrogen-bond acceptors (Lipinski definition) is 3. The van der Waals surface area contributed by atoms with E-state index in [9.17, 15) is 0 Å². The van der Waals surface area contributed by atoms with Gasteiger partial charge in [-0.1, -0.05) is 48.5 Å². The number of para-hydroxylation sites is 1. The van der Waals surface area contributed by atoms with Gasteiger partial charge in [0.1, 0.15) is 11.5 Å². The first kappa shape index (κ1) is 17.3. The van der Waals surface area contributed by atoms with Gasteiger partial charge in [-0.05, 0) is 43.7 Å². The van der Waals surface area contributed by atoms with Crippen LogP contribution in [0.15, 0.2) is 77.4 Å². The van der Waals surface area contributed by atoms with E-state index in [2.05, 4.69) is 42.6 Å². The molecule has 1 aromatic heterocycles. The lowest BCUT2D eigenvalue weighted by molar-refractivity contribution is 0.397. The second kappa shape index (κ2) is 8.54. The molecule has 0 radical (unpaired) electrons. The molecule has 25 heavy (non-hydrogen) atoms. The molecule has 1 heterocycles. The highest BCUT2D eigenvalue weighted by atomic mass is 16.5. The Morgan fingerprint density at radius 1 is 0.960 bits per heavy atom. The molecule has 2 atom stereocenters. The molecule has 0 spiro atoms. The largest absolute Gasteiger partial charge is 0.496 e. The van der Waals surface area contributed by atoms with Gasteiger partial charge in [0.2, 0.25) is 0 Å². The molecule has 0 aliphatic carbocycles. The fraction of sp³-hybridized carbons (Fsp3) is 0.273. The smallest absolute Gasteiger partial charge is 0.122 e. The van der Waals surface area contributed by atoms with Crippen LogP contribution in [0.2, 0.25) is 0 Å². The molecule has 0 aliphatic heterocycles. The zero-order valence-corrected chi connectivity index (χ0v) is 14.8. The van der Waals surface area contributed by atoms with Gasteiger partial charge >= 0.3 is 0 Å². The zero-order chi connectivity index (χ0) is 17.5. The molecule has 0 saturated carbocycles. The number of hydrogen-bond donors (Lipinski definition) is 1. The van der Waals surface area contributed by atoms with E-state index in [-0.39, 0.29) is 5.92 Å². The third-order valence-corrected chi connectivity index (χ3v) is 4.58. The summed E-state index contributed by atoms with van der Waals surface area (Å²) in [5.41, 5.74) is 2.46. The number of ether oxygens (including phenoxy) is 1. The Balaban J connectivity index is 1.71. The Labute approximate surface area is 149 Å². The van der Waals surface area contributed by atoms with Gasteiger partial charge in [0.15, 0.2) is 0 Å². The molecule has 3 nitrogen and oxygen atoms in total. The first-order valence-electron chi connectivity index (χ1n) is 8.74. The molecular formula is C22H25NO2. The highest BCUT2D eigenvalue weighted by Gasteiger charge is 2.20. The van der Waals surface area contributed by atoms with Crippen LogP contribution < -0.4 is 10.1 Å². The van der Waals surface area contributed by atoms with E-state index in [0.717, 1.165) is 30.0 Å². The predicted octanol–water partition coefficient (Wildman–Crippen LogP) is 5.16. The van der Waals surface area contributed by atoms with E-state index in [1.165, 1.54) is 5.56 Å². The van der Waals surface area contributed by atoms with Crippen molar-refractivity contribution in [3.8, 4) is 5.75 Å². The van der Waals surface area contributed by atoms with Crippen molar-refractivity contribution in [3.63, 3.8) is 0 Å². The van der Waals surface area contributed by atoms with Gasteiger partial charge in [-0.25, -0.2) is 0 Å². The van der Waals surface area contributed by atoms with Crippen LogP contribution >= 0.6 is 0 Å². The van der Waals surface area contributed by atoms with Crippen LogP contribution in [0, 0.1) is 0 Å². The molecule has 130 valence electrons. The van der Waals surface area contributed by atoms with E-state index < -0.39 is 0 Å². The maximum atomic E-state index is 5.71. The summed E-state index contributed by atoms with van der Waals surface area (Å²) >= 11 is 0. The SMILES string of the molecule is COc1ccccc1[C@@H](CCN[C@@H](C)c1ccccc1)c1ccco1. The van der Waals surface area contributed by atoms with Crippen molar-refractivity contribution in [2.75, 3.05) is 13.7 Å². The summed E-state index contributed by atoms with van der Waals surface area (Å²) in [5, 5.41) is 3.62. The van der Waals surface area contributed by atoms with E-state index >= 15 is 0 Å². The van der Waals surface area contributed by atoms with Gasteiger partial charge in [0, 0.05) is 17.5 Å². The van der Waals surface area contributed by atoms with E-state index in [4.69, 9.17) is 9.15 Å². The normalized spacial score (nSPS) is 13.4. The Bertz CT molecular complexity index is 753. The van der Waals surface area contributed by atoms with Crippen molar-refractivity contribution in [2.45, 2.75) is 25.3 Å². The second-order valence-electron chi connectivity index (χ2n) is 6.19. The molecule has 0 saturated heterocycles. The van der Waals surface area contributed by atoms with Crippen LogP contribution in [-0.2, 0) is 0 Å². The number of methoxy groups -OCH3 is 1. The van der Waals surface area contributed by atoms with Gasteiger partial charge in [-0.2, -0.15) is 0 Å². The summed E-state index contributed by atoms with van der Waals surface area (Å²) in [6.07, 6.45) is 2.67. The van der Waals surface area contributed by atoms with Crippen LogP contribution in [0.5, 0.6) is 5.75 Å². The van der Waals surface area contributed by atoms with Crippen LogP contribution in [0.1, 0.15) is 42.2 Å². The topological polar surface area (TPSA) is 34.4 Å². The summed E-state index contributed by atoms with van der Waals surface area (Å²) < 4.78 is 11.3. The number of benzene rings is 2. The Morgan fingerprint density at radius 2 is 1.72 bits per heavy atom. The van der Waals surface area contributed by atoms with Crippen molar-refractivity contribution in [1.82, 2.24) is 5.32 Å². The average Bonchev–Trinajstić information content (AvgIpc) is 3.20. The van der Waals surface area contributed by atoms with Gasteiger partial charge in [-0.3, -0.25) is 0 Å². The summed E-state index contributed by atoms with van der Waals surface area (Å²) in [6, 6.07) is 23.0. The van der Waals surface area contributed by atoms with Gasteiger partial charge < -0.3 is 14.5 Å². The third-order valence-electron chi connectivity index (χ3n) is 4.58. The molecular weight excluding hydrogens is 310 g/mol. The molecule has 3 rings (SSSR count). The van der Waals surface area contributed by atoms with Crippen molar-refractivity contribution >= 4 is 0 Å². The summed E-state index contributed by atoms with van der Waals surface area (Å²) in [7, 11) is 1.72. The van der Waals surface area contributed by atoms with Crippen LogP contribution in [-0.4, -0.2) is 13.7 Å². The summed E-state index contributed by atoms with van der Waals surface area (Å²) in [4.78, 5) is 0. The second-order valence-corrected chi connectivity index (χ2v) is 6.19. The summed E-state index contributed by atoms with van der Waals surface area (Å²) in [6.45, 7) is 3.08. The van der Waals surface area contributed by atoms with Gasteiger partial charge in [-0.15, -0.1) is 0 Å². The number of rotatable bonds is 8. The van der Waals surface area contributed by atoms with Crippen molar-refractivity contribution < 1.29 is 9.15 Å². The lowest BCUT2D eigenvalue weighted by Crippen LogP contribution is -2.21. The molecule has 0 unspecified atom stereocenters. The first-order chi connectivity index (χ1) is 12.3. The molecule has 3 aromatic rings. The van der Waals surface area contributed by atoms with Crippen LogP contribution in [0.25, 0.3) is 0 Å². The van der Waals surface area contributed by atoms with Crippen molar-refractivity contribution in [1.29, 1.82) is 0 Å². The first-order valence-corrected chi connectivity index (χ1v) is 8.74. The minimum atomic E-state index is 0.168. The molecule has 3 heteroatoms. The molecule has 1 N–H and O–H groups in total. The van der Waals surface area contributed by atoms with E-state index in [1.807, 2.05) is 36.4 Å². The highest BCUT2D eigenvalue weighted by Crippen LogP contribution is 2.34. The van der Waals surface area contributed by atoms with Crippen molar-refractivity contribution in [3.05, 3.63) is 89.9 Å².